The maximum atomic E-state index is 16.5. The lowest BCUT2D eigenvalue weighted by molar-refractivity contribution is -0.131. The zero-order valence-corrected chi connectivity index (χ0v) is 24.6. The summed E-state index contributed by atoms with van der Waals surface area (Å²) in [7, 11) is 1.82. The van der Waals surface area contributed by atoms with Crippen molar-refractivity contribution >= 4 is 22.6 Å². The summed E-state index contributed by atoms with van der Waals surface area (Å²) in [5.74, 6) is -2.24. The number of likely N-dealkylation sites (tertiary alicyclic amines) is 1. The van der Waals surface area contributed by atoms with Crippen LogP contribution in [-0.4, -0.2) is 88.7 Å². The Hall–Kier alpha value is -4.24. The number of alkyl halides is 1. The van der Waals surface area contributed by atoms with Crippen LogP contribution in [0.25, 0.3) is 22.2 Å². The molecule has 12 heteroatoms. The van der Waals surface area contributed by atoms with E-state index in [4.69, 9.17) is 4.74 Å². The first-order chi connectivity index (χ1) is 21.2. The predicted molar refractivity (Wildman–Crippen MR) is 159 cm³/mol. The van der Waals surface area contributed by atoms with E-state index in [9.17, 15) is 18.8 Å². The molecule has 0 saturated carbocycles. The van der Waals surface area contributed by atoms with Crippen molar-refractivity contribution in [2.45, 2.75) is 56.8 Å². The fourth-order valence-electron chi connectivity index (χ4n) is 6.65. The van der Waals surface area contributed by atoms with Crippen LogP contribution in [-0.2, 0) is 17.6 Å². The average molecular weight is 606 g/mol. The number of nitrogens with zero attached hydrogens (tertiary/aromatic N) is 7. The highest BCUT2D eigenvalue weighted by Gasteiger charge is 2.34. The molecule has 0 radical (unpaired) electrons. The van der Waals surface area contributed by atoms with Gasteiger partial charge in [0.05, 0.1) is 23.9 Å². The second-order valence-electron chi connectivity index (χ2n) is 11.8. The number of benzene rings is 1. The molecule has 2 aliphatic heterocycles. The molecule has 2 aromatic heterocycles. The molecule has 0 N–H and O–H groups in total. The Kier molecular flexibility index (Phi) is 8.40. The summed E-state index contributed by atoms with van der Waals surface area (Å²) >= 11 is 0. The zero-order valence-electron chi connectivity index (χ0n) is 24.6. The fourth-order valence-corrected chi connectivity index (χ4v) is 6.65. The van der Waals surface area contributed by atoms with Crippen LogP contribution in [0, 0.1) is 17.1 Å². The number of rotatable bonds is 7. The number of ether oxygens (including phenoxy) is 1. The Morgan fingerprint density at radius 2 is 2.00 bits per heavy atom. The van der Waals surface area contributed by atoms with Crippen molar-refractivity contribution in [1.82, 2.24) is 24.8 Å². The lowest BCUT2D eigenvalue weighted by Crippen LogP contribution is -2.55. The number of piperazine rings is 1. The van der Waals surface area contributed by atoms with Crippen molar-refractivity contribution < 1.29 is 22.7 Å². The number of anilines is 1. The van der Waals surface area contributed by atoms with Crippen molar-refractivity contribution in [3.63, 3.8) is 0 Å². The lowest BCUT2D eigenvalue weighted by atomic mass is 9.87. The number of likely N-dealkylation sites (N-methyl/N-ethyl adjacent to an activating group) is 1. The molecule has 44 heavy (non-hydrogen) atoms. The molecule has 3 atom stereocenters. The van der Waals surface area contributed by atoms with E-state index in [0.717, 1.165) is 36.8 Å². The van der Waals surface area contributed by atoms with Crippen LogP contribution >= 0.6 is 0 Å². The molecule has 0 unspecified atom stereocenters. The van der Waals surface area contributed by atoms with Crippen LogP contribution in [0.15, 0.2) is 36.8 Å². The minimum Gasteiger partial charge on any atom is -0.462 e. The Bertz CT molecular complexity index is 1640. The van der Waals surface area contributed by atoms with E-state index in [2.05, 4.69) is 33.7 Å². The van der Waals surface area contributed by atoms with Gasteiger partial charge in [-0.15, -0.1) is 0 Å². The van der Waals surface area contributed by atoms with Crippen LogP contribution in [0.3, 0.4) is 0 Å². The minimum absolute atomic E-state index is 0.0269. The maximum Gasteiger partial charge on any atom is 0.319 e. The number of amides is 1. The molecule has 4 heterocycles. The molecular weight excluding hydrogens is 571 g/mol. The van der Waals surface area contributed by atoms with Gasteiger partial charge in [0, 0.05) is 44.0 Å². The highest BCUT2D eigenvalue weighted by molar-refractivity contribution is 5.93. The molecule has 0 bridgehead atoms. The van der Waals surface area contributed by atoms with Crippen molar-refractivity contribution in [1.29, 1.82) is 5.26 Å². The molecule has 6 rings (SSSR count). The smallest absolute Gasteiger partial charge is 0.319 e. The topological polar surface area (TPSA) is 98.5 Å². The SMILES string of the molecule is C=C(F)C(=O)N1CCN(c2nc(OC[C@@H]3C[C@@H](F)CN3C)nc3c(F)c(-c4cccc5c4CCCC5)ncc23)C[C@@H]1CC#N. The molecule has 230 valence electrons. The van der Waals surface area contributed by atoms with Crippen molar-refractivity contribution in [3.8, 4) is 23.3 Å². The number of carbonyl (C=O) groups excluding carboxylic acids is 1. The number of aryl methyl sites for hydroxylation is 1. The number of aromatic nitrogens is 3. The second kappa shape index (κ2) is 12.4. The summed E-state index contributed by atoms with van der Waals surface area (Å²) in [6.45, 7) is 4.02. The first kappa shape index (κ1) is 29.8. The van der Waals surface area contributed by atoms with Crippen LogP contribution in [0.4, 0.5) is 19.0 Å². The quantitative estimate of drug-likeness (QED) is 0.362. The van der Waals surface area contributed by atoms with E-state index in [1.165, 1.54) is 10.5 Å². The average Bonchev–Trinajstić information content (AvgIpc) is 3.35. The van der Waals surface area contributed by atoms with Gasteiger partial charge in [0.15, 0.2) is 11.6 Å². The van der Waals surface area contributed by atoms with Crippen molar-refractivity contribution in [2.24, 2.45) is 0 Å². The number of carbonyl (C=O) groups is 1. The number of halogens is 3. The summed E-state index contributed by atoms with van der Waals surface area (Å²) in [5, 5.41) is 9.79. The van der Waals surface area contributed by atoms with E-state index in [0.29, 0.717) is 24.2 Å². The van der Waals surface area contributed by atoms with Gasteiger partial charge in [0.2, 0.25) is 0 Å². The van der Waals surface area contributed by atoms with E-state index in [1.54, 1.807) is 6.20 Å². The third kappa shape index (κ3) is 5.68. The Morgan fingerprint density at radius 3 is 2.75 bits per heavy atom. The van der Waals surface area contributed by atoms with Gasteiger partial charge in [0.25, 0.3) is 5.91 Å². The van der Waals surface area contributed by atoms with Crippen molar-refractivity contribution in [3.05, 3.63) is 53.7 Å². The van der Waals surface area contributed by atoms with Crippen LogP contribution in [0.5, 0.6) is 6.01 Å². The molecular formula is C32H34F3N7O2. The van der Waals surface area contributed by atoms with Gasteiger partial charge in [-0.1, -0.05) is 24.8 Å². The summed E-state index contributed by atoms with van der Waals surface area (Å²) < 4.78 is 50.3. The number of hydrogen-bond donors (Lipinski definition) is 0. The summed E-state index contributed by atoms with van der Waals surface area (Å²) in [6, 6.07) is 7.03. The number of fused-ring (bicyclic) bond motifs is 2. The van der Waals surface area contributed by atoms with Gasteiger partial charge < -0.3 is 14.5 Å². The van der Waals surface area contributed by atoms with Gasteiger partial charge in [-0.25, -0.2) is 13.2 Å². The summed E-state index contributed by atoms with van der Waals surface area (Å²) in [4.78, 5) is 31.1. The van der Waals surface area contributed by atoms with Crippen LogP contribution < -0.4 is 9.64 Å². The minimum atomic E-state index is -1.10. The van der Waals surface area contributed by atoms with Gasteiger partial charge in [-0.05, 0) is 50.3 Å². The van der Waals surface area contributed by atoms with E-state index in [1.807, 2.05) is 29.0 Å². The predicted octanol–water partition coefficient (Wildman–Crippen LogP) is 4.54. The monoisotopic (exact) mass is 605 g/mol. The number of pyridine rings is 1. The van der Waals surface area contributed by atoms with Gasteiger partial charge >= 0.3 is 6.01 Å². The van der Waals surface area contributed by atoms with E-state index in [-0.39, 0.29) is 55.9 Å². The molecule has 1 aliphatic carbocycles. The van der Waals surface area contributed by atoms with E-state index >= 15 is 4.39 Å². The third-order valence-corrected chi connectivity index (χ3v) is 8.94. The zero-order chi connectivity index (χ0) is 31.0. The first-order valence-corrected chi connectivity index (χ1v) is 15.0. The molecule has 2 fully saturated rings. The van der Waals surface area contributed by atoms with Crippen molar-refractivity contribution in [2.75, 3.05) is 44.7 Å². The summed E-state index contributed by atoms with van der Waals surface area (Å²) in [5.41, 5.74) is 3.25. The Morgan fingerprint density at radius 1 is 1.18 bits per heavy atom. The molecule has 3 aliphatic rings. The molecule has 0 spiro atoms. The second-order valence-corrected chi connectivity index (χ2v) is 11.8. The third-order valence-electron chi connectivity index (χ3n) is 8.94. The molecule has 1 amide bonds. The molecule has 1 aromatic carbocycles. The maximum absolute atomic E-state index is 16.5. The summed E-state index contributed by atoms with van der Waals surface area (Å²) in [6.07, 6.45) is 4.74. The number of hydrogen-bond acceptors (Lipinski definition) is 8. The van der Waals surface area contributed by atoms with Gasteiger partial charge in [-0.2, -0.15) is 15.2 Å². The first-order valence-electron chi connectivity index (χ1n) is 15.0. The highest BCUT2D eigenvalue weighted by Crippen LogP contribution is 2.36. The van der Waals surface area contributed by atoms with E-state index < -0.39 is 29.8 Å². The largest absolute Gasteiger partial charge is 0.462 e. The molecule has 2 saturated heterocycles. The fraction of sp³-hybridized carbons (Fsp3) is 0.469. The highest BCUT2D eigenvalue weighted by atomic mass is 19.1. The van der Waals surface area contributed by atoms with Crippen LogP contribution in [0.2, 0.25) is 0 Å². The van der Waals surface area contributed by atoms with Crippen LogP contribution in [0.1, 0.15) is 36.8 Å². The number of nitriles is 1. The lowest BCUT2D eigenvalue weighted by Gasteiger charge is -2.41. The molecule has 9 nitrogen and oxygen atoms in total. The standard InChI is InChI=1S/C32H34F3N7O2/c1-19(33)31(43)42-13-12-41(17-22(42)10-11-36)30-26-15-37-28(25-9-5-7-20-6-3-4-8-24(20)25)27(35)29(26)38-32(39-30)44-18-23-14-21(34)16-40(23)2/h5,7,9,15,21-23H,1,3-4,6,8,10,12-14,16-18H2,2H3/t21-,22+,23+/m1/s1. The van der Waals surface area contributed by atoms with Gasteiger partial charge in [0.1, 0.15) is 29.8 Å². The van der Waals surface area contributed by atoms with Gasteiger partial charge in [-0.3, -0.25) is 14.7 Å². The Labute approximate surface area is 253 Å². The Balaban J connectivity index is 1.41. The normalized spacial score (nSPS) is 22.1. The molecule has 3 aromatic rings.